The van der Waals surface area contributed by atoms with Crippen molar-refractivity contribution >= 4 is 5.97 Å². The van der Waals surface area contributed by atoms with E-state index < -0.39 is 0 Å². The summed E-state index contributed by atoms with van der Waals surface area (Å²) in [6.07, 6.45) is 8.09. The smallest absolute Gasteiger partial charge is 0.308 e. The van der Waals surface area contributed by atoms with Crippen molar-refractivity contribution in [2.75, 3.05) is 0 Å². The van der Waals surface area contributed by atoms with Crippen molar-refractivity contribution < 1.29 is 9.53 Å². The first-order valence-electron chi connectivity index (χ1n) is 5.27. The molecular formula is C13H20O2. The van der Waals surface area contributed by atoms with Crippen LogP contribution in [0.25, 0.3) is 0 Å². The molecule has 0 aliphatic carbocycles. The molecule has 0 aliphatic rings. The Morgan fingerprint density at radius 3 is 2.53 bits per heavy atom. The Labute approximate surface area is 92.7 Å². The molecule has 0 rings (SSSR count). The number of carbonyl (C=O) groups excluding carboxylic acids is 1. The van der Waals surface area contributed by atoms with E-state index in [0.29, 0.717) is 12.3 Å². The van der Waals surface area contributed by atoms with Gasteiger partial charge in [-0.3, -0.25) is 4.79 Å². The van der Waals surface area contributed by atoms with E-state index in [2.05, 4.69) is 12.5 Å². The van der Waals surface area contributed by atoms with E-state index in [1.807, 2.05) is 20.8 Å². The van der Waals surface area contributed by atoms with Gasteiger partial charge in [0, 0.05) is 6.42 Å². The van der Waals surface area contributed by atoms with Crippen LogP contribution in [0.1, 0.15) is 33.6 Å². The van der Waals surface area contributed by atoms with Crippen LogP contribution in [0.4, 0.5) is 0 Å². The van der Waals surface area contributed by atoms with Crippen molar-refractivity contribution in [3.63, 3.8) is 0 Å². The third-order valence-corrected chi connectivity index (χ3v) is 2.10. The molecule has 0 bridgehead atoms. The highest BCUT2D eigenvalue weighted by Crippen LogP contribution is 2.14. The molecule has 0 aromatic rings. The minimum atomic E-state index is -0.219. The third kappa shape index (κ3) is 5.96. The second-order valence-electron chi connectivity index (χ2n) is 4.11. The molecule has 0 amide bonds. The number of ether oxygens (including phenoxy) is 1. The largest absolute Gasteiger partial charge is 0.458 e. The zero-order valence-corrected chi connectivity index (χ0v) is 9.82. The fourth-order valence-electron chi connectivity index (χ4n) is 1.16. The molecule has 0 heterocycles. The normalized spacial score (nSPS) is 14.1. The van der Waals surface area contributed by atoms with Gasteiger partial charge in [0.25, 0.3) is 0 Å². The average molecular weight is 208 g/mol. The number of terminal acetylenes is 1. The van der Waals surface area contributed by atoms with E-state index in [-0.39, 0.29) is 18.0 Å². The fraction of sp³-hybridized carbons (Fsp3) is 0.615. The van der Waals surface area contributed by atoms with Crippen molar-refractivity contribution in [1.82, 2.24) is 0 Å². The molecule has 0 saturated carbocycles. The van der Waals surface area contributed by atoms with Gasteiger partial charge in [0.05, 0.1) is 5.92 Å². The van der Waals surface area contributed by atoms with Crippen LogP contribution in [0.5, 0.6) is 0 Å². The Morgan fingerprint density at radius 1 is 1.53 bits per heavy atom. The van der Waals surface area contributed by atoms with Crippen LogP contribution >= 0.6 is 0 Å². The molecule has 0 aromatic heterocycles. The lowest BCUT2D eigenvalue weighted by Gasteiger charge is -2.18. The van der Waals surface area contributed by atoms with Gasteiger partial charge in [-0.05, 0) is 12.3 Å². The molecule has 0 saturated heterocycles. The Balaban J connectivity index is 4.09. The monoisotopic (exact) mass is 208 g/mol. The van der Waals surface area contributed by atoms with Gasteiger partial charge in [-0.1, -0.05) is 33.4 Å². The first-order chi connectivity index (χ1) is 7.01. The van der Waals surface area contributed by atoms with Crippen LogP contribution in [0.15, 0.2) is 12.7 Å². The van der Waals surface area contributed by atoms with Gasteiger partial charge in [0.15, 0.2) is 0 Å². The summed E-state index contributed by atoms with van der Waals surface area (Å²) in [5.41, 5.74) is 0. The summed E-state index contributed by atoms with van der Waals surface area (Å²) in [7, 11) is 0. The number of esters is 1. The summed E-state index contributed by atoms with van der Waals surface area (Å²) < 4.78 is 5.25. The maximum absolute atomic E-state index is 11.3. The van der Waals surface area contributed by atoms with Gasteiger partial charge in [0.1, 0.15) is 6.10 Å². The Kier molecular flexibility index (Phi) is 6.53. The highest BCUT2D eigenvalue weighted by molar-refractivity contribution is 5.71. The van der Waals surface area contributed by atoms with E-state index in [1.54, 1.807) is 6.08 Å². The standard InChI is InChI=1S/C13H20O2/c1-6-8-11(5)9-12(7-2)15-13(14)10(3)4/h1,7,10-12H,2,8-9H2,3-5H3/t11?,12-/m0/s1. The molecule has 0 aliphatic heterocycles. The summed E-state index contributed by atoms with van der Waals surface area (Å²) in [5, 5.41) is 0. The molecule has 2 nitrogen and oxygen atoms in total. The molecule has 0 fully saturated rings. The summed E-state index contributed by atoms with van der Waals surface area (Å²) in [4.78, 5) is 11.3. The molecular weight excluding hydrogens is 188 g/mol. The van der Waals surface area contributed by atoms with Gasteiger partial charge in [-0.15, -0.1) is 12.3 Å². The first-order valence-corrected chi connectivity index (χ1v) is 5.27. The van der Waals surface area contributed by atoms with Crippen LogP contribution in [-0.2, 0) is 9.53 Å². The molecule has 0 radical (unpaired) electrons. The number of hydrogen-bond donors (Lipinski definition) is 0. The second-order valence-corrected chi connectivity index (χ2v) is 4.11. The van der Waals surface area contributed by atoms with Crippen molar-refractivity contribution in [2.24, 2.45) is 11.8 Å². The topological polar surface area (TPSA) is 26.3 Å². The lowest BCUT2D eigenvalue weighted by molar-refractivity contribution is -0.151. The van der Waals surface area contributed by atoms with E-state index in [0.717, 1.165) is 6.42 Å². The van der Waals surface area contributed by atoms with Gasteiger partial charge >= 0.3 is 5.97 Å². The third-order valence-electron chi connectivity index (χ3n) is 2.10. The van der Waals surface area contributed by atoms with Crippen molar-refractivity contribution in [3.8, 4) is 12.3 Å². The highest BCUT2D eigenvalue weighted by Gasteiger charge is 2.16. The zero-order chi connectivity index (χ0) is 11.8. The van der Waals surface area contributed by atoms with E-state index >= 15 is 0 Å². The molecule has 1 unspecified atom stereocenters. The van der Waals surface area contributed by atoms with Gasteiger partial charge in [-0.2, -0.15) is 0 Å². The minimum Gasteiger partial charge on any atom is -0.458 e. The second kappa shape index (κ2) is 7.11. The molecule has 0 aromatic carbocycles. The number of rotatable bonds is 6. The van der Waals surface area contributed by atoms with Gasteiger partial charge in [0.2, 0.25) is 0 Å². The van der Waals surface area contributed by atoms with Crippen LogP contribution < -0.4 is 0 Å². The molecule has 2 heteroatoms. The van der Waals surface area contributed by atoms with Crippen molar-refractivity contribution in [3.05, 3.63) is 12.7 Å². The summed E-state index contributed by atoms with van der Waals surface area (Å²) >= 11 is 0. The number of hydrogen-bond acceptors (Lipinski definition) is 2. The molecule has 0 spiro atoms. The summed E-state index contributed by atoms with van der Waals surface area (Å²) in [5.74, 6) is 2.65. The summed E-state index contributed by atoms with van der Waals surface area (Å²) in [6, 6.07) is 0. The van der Waals surface area contributed by atoms with Crippen LogP contribution in [0, 0.1) is 24.2 Å². The Bertz CT molecular complexity index is 248. The Morgan fingerprint density at radius 2 is 2.13 bits per heavy atom. The maximum atomic E-state index is 11.3. The van der Waals surface area contributed by atoms with Crippen LogP contribution in [-0.4, -0.2) is 12.1 Å². The lowest BCUT2D eigenvalue weighted by atomic mass is 10.0. The Hall–Kier alpha value is -1.23. The molecule has 84 valence electrons. The average Bonchev–Trinajstić information content (AvgIpc) is 2.16. The SMILES string of the molecule is C#CCC(C)C[C@H](C=C)OC(=O)C(C)C. The van der Waals surface area contributed by atoms with E-state index in [4.69, 9.17) is 11.2 Å². The van der Waals surface area contributed by atoms with Gasteiger partial charge in [-0.25, -0.2) is 0 Å². The predicted octanol–water partition coefficient (Wildman–Crippen LogP) is 2.79. The molecule has 0 N–H and O–H groups in total. The van der Waals surface area contributed by atoms with Gasteiger partial charge < -0.3 is 4.74 Å². The minimum absolute atomic E-state index is 0.101. The maximum Gasteiger partial charge on any atom is 0.308 e. The van der Waals surface area contributed by atoms with Crippen molar-refractivity contribution in [1.29, 1.82) is 0 Å². The van der Waals surface area contributed by atoms with Crippen LogP contribution in [0.2, 0.25) is 0 Å². The van der Waals surface area contributed by atoms with E-state index in [9.17, 15) is 4.79 Å². The highest BCUT2D eigenvalue weighted by atomic mass is 16.5. The predicted molar refractivity (Wildman–Crippen MR) is 62.1 cm³/mol. The van der Waals surface area contributed by atoms with Crippen LogP contribution in [0.3, 0.4) is 0 Å². The van der Waals surface area contributed by atoms with Crippen molar-refractivity contribution in [2.45, 2.75) is 39.7 Å². The lowest BCUT2D eigenvalue weighted by Crippen LogP contribution is -2.21. The quantitative estimate of drug-likeness (QED) is 0.381. The molecule has 2 atom stereocenters. The number of carbonyl (C=O) groups is 1. The molecule has 15 heavy (non-hydrogen) atoms. The fourth-order valence-corrected chi connectivity index (χ4v) is 1.16. The first kappa shape index (κ1) is 13.8. The van der Waals surface area contributed by atoms with E-state index in [1.165, 1.54) is 0 Å². The zero-order valence-electron chi connectivity index (χ0n) is 9.82. The summed E-state index contributed by atoms with van der Waals surface area (Å²) in [6.45, 7) is 9.32.